The van der Waals surface area contributed by atoms with Crippen LogP contribution in [-0.2, 0) is 10.2 Å². The third kappa shape index (κ3) is 2.71. The fourth-order valence-electron chi connectivity index (χ4n) is 3.16. The molecule has 0 unspecified atom stereocenters. The molecule has 1 aliphatic heterocycles. The normalized spacial score (nSPS) is 25.1. The third-order valence-corrected chi connectivity index (χ3v) is 6.28. The van der Waals surface area contributed by atoms with E-state index in [0.717, 1.165) is 38.5 Å². The van der Waals surface area contributed by atoms with Crippen molar-refractivity contribution in [1.82, 2.24) is 8.61 Å². The van der Waals surface area contributed by atoms with Crippen LogP contribution in [-0.4, -0.2) is 55.4 Å². The quantitative estimate of drug-likeness (QED) is 0.808. The van der Waals surface area contributed by atoms with E-state index >= 15 is 0 Å². The molecule has 2 rings (SSSR count). The molecule has 1 saturated carbocycles. The Morgan fingerprint density at radius 3 is 2.22 bits per heavy atom. The topological polar surface area (TPSA) is 60.9 Å². The molecule has 1 heterocycles. The van der Waals surface area contributed by atoms with E-state index in [2.05, 4.69) is 0 Å². The molecule has 1 aliphatic carbocycles. The lowest BCUT2D eigenvalue weighted by Crippen LogP contribution is -2.45. The lowest BCUT2D eigenvalue weighted by Gasteiger charge is -2.33. The fourth-order valence-corrected chi connectivity index (χ4v) is 4.71. The SMILES string of the molecule is CN(CC1(CO)CCCC1)S(=O)(=O)N1CCCC1. The van der Waals surface area contributed by atoms with Crippen molar-refractivity contribution in [2.75, 3.05) is 33.3 Å². The first-order valence-corrected chi connectivity index (χ1v) is 8.22. The largest absolute Gasteiger partial charge is 0.396 e. The molecule has 0 amide bonds. The molecule has 1 N–H and O–H groups in total. The summed E-state index contributed by atoms with van der Waals surface area (Å²) in [5, 5.41) is 9.56. The number of hydrogen-bond donors (Lipinski definition) is 1. The van der Waals surface area contributed by atoms with E-state index in [9.17, 15) is 13.5 Å². The van der Waals surface area contributed by atoms with Gasteiger partial charge in [0.2, 0.25) is 0 Å². The van der Waals surface area contributed by atoms with Gasteiger partial charge in [0.05, 0.1) is 0 Å². The van der Waals surface area contributed by atoms with Gasteiger partial charge in [-0.2, -0.15) is 17.0 Å². The van der Waals surface area contributed by atoms with Gasteiger partial charge in [0.25, 0.3) is 10.2 Å². The fraction of sp³-hybridized carbons (Fsp3) is 1.00. The summed E-state index contributed by atoms with van der Waals surface area (Å²) in [5.74, 6) is 0. The molecular weight excluding hydrogens is 252 g/mol. The van der Waals surface area contributed by atoms with Crippen LogP contribution in [0.25, 0.3) is 0 Å². The summed E-state index contributed by atoms with van der Waals surface area (Å²) in [5.41, 5.74) is -0.207. The minimum atomic E-state index is -3.32. The summed E-state index contributed by atoms with van der Waals surface area (Å²) in [7, 11) is -1.68. The standard InChI is InChI=1S/C12H24N2O3S/c1-13(10-12(11-15)6-2-3-7-12)18(16,17)14-8-4-5-9-14/h15H,2-11H2,1H3. The van der Waals surface area contributed by atoms with Crippen LogP contribution < -0.4 is 0 Å². The lowest BCUT2D eigenvalue weighted by atomic mass is 9.87. The minimum Gasteiger partial charge on any atom is -0.396 e. The Bertz CT molecular complexity index is 371. The molecule has 18 heavy (non-hydrogen) atoms. The monoisotopic (exact) mass is 276 g/mol. The van der Waals surface area contributed by atoms with Crippen molar-refractivity contribution < 1.29 is 13.5 Å². The van der Waals surface area contributed by atoms with Gasteiger partial charge in [-0.3, -0.25) is 0 Å². The summed E-state index contributed by atoms with van der Waals surface area (Å²) in [6.07, 6.45) is 5.97. The van der Waals surface area contributed by atoms with E-state index in [1.165, 1.54) is 4.31 Å². The Morgan fingerprint density at radius 2 is 1.72 bits per heavy atom. The van der Waals surface area contributed by atoms with E-state index < -0.39 is 10.2 Å². The van der Waals surface area contributed by atoms with Crippen molar-refractivity contribution in [3.8, 4) is 0 Å². The Labute approximate surface area is 110 Å². The maximum absolute atomic E-state index is 12.3. The van der Waals surface area contributed by atoms with Gasteiger partial charge < -0.3 is 5.11 Å². The number of aliphatic hydroxyl groups is 1. The van der Waals surface area contributed by atoms with Gasteiger partial charge in [-0.15, -0.1) is 0 Å². The first-order chi connectivity index (χ1) is 8.50. The summed E-state index contributed by atoms with van der Waals surface area (Å²) < 4.78 is 27.7. The molecule has 0 aromatic heterocycles. The van der Waals surface area contributed by atoms with Crippen molar-refractivity contribution >= 4 is 10.2 Å². The van der Waals surface area contributed by atoms with E-state index in [4.69, 9.17) is 0 Å². The van der Waals surface area contributed by atoms with Crippen molar-refractivity contribution in [2.24, 2.45) is 5.41 Å². The molecule has 1 saturated heterocycles. The molecule has 0 atom stereocenters. The molecule has 0 bridgehead atoms. The van der Waals surface area contributed by atoms with Gasteiger partial charge >= 0.3 is 0 Å². The Balaban J connectivity index is 2.04. The second kappa shape index (κ2) is 5.45. The predicted octanol–water partition coefficient (Wildman–Crippen LogP) is 0.811. The van der Waals surface area contributed by atoms with Gasteiger partial charge in [0.15, 0.2) is 0 Å². The van der Waals surface area contributed by atoms with Crippen LogP contribution in [0.3, 0.4) is 0 Å². The van der Waals surface area contributed by atoms with Crippen molar-refractivity contribution in [3.63, 3.8) is 0 Å². The lowest BCUT2D eigenvalue weighted by molar-refractivity contribution is 0.110. The van der Waals surface area contributed by atoms with Gasteiger partial charge in [-0.05, 0) is 25.7 Å². The molecule has 5 nitrogen and oxygen atoms in total. The van der Waals surface area contributed by atoms with E-state index in [-0.39, 0.29) is 12.0 Å². The Hall–Kier alpha value is -0.170. The second-order valence-corrected chi connectivity index (χ2v) is 7.77. The van der Waals surface area contributed by atoms with Crippen molar-refractivity contribution in [3.05, 3.63) is 0 Å². The van der Waals surface area contributed by atoms with E-state index in [1.54, 1.807) is 11.4 Å². The molecule has 0 aromatic carbocycles. The first kappa shape index (κ1) is 14.2. The maximum Gasteiger partial charge on any atom is 0.281 e. The highest BCUT2D eigenvalue weighted by Gasteiger charge is 2.38. The zero-order chi connectivity index (χ0) is 13.2. The number of hydrogen-bond acceptors (Lipinski definition) is 3. The molecule has 106 valence electrons. The van der Waals surface area contributed by atoms with Crippen LogP contribution in [0, 0.1) is 5.41 Å². The zero-order valence-electron chi connectivity index (χ0n) is 11.1. The maximum atomic E-state index is 12.3. The van der Waals surface area contributed by atoms with Crippen molar-refractivity contribution in [2.45, 2.75) is 38.5 Å². The summed E-state index contributed by atoms with van der Waals surface area (Å²) in [4.78, 5) is 0. The van der Waals surface area contributed by atoms with Crippen molar-refractivity contribution in [1.29, 1.82) is 0 Å². The average molecular weight is 276 g/mol. The number of rotatable bonds is 5. The minimum absolute atomic E-state index is 0.0901. The molecule has 0 aromatic rings. The van der Waals surface area contributed by atoms with E-state index in [0.29, 0.717) is 19.6 Å². The number of nitrogens with zero attached hydrogens (tertiary/aromatic N) is 2. The highest BCUT2D eigenvalue weighted by molar-refractivity contribution is 7.86. The molecule has 2 fully saturated rings. The second-order valence-electron chi connectivity index (χ2n) is 5.74. The highest BCUT2D eigenvalue weighted by atomic mass is 32.2. The van der Waals surface area contributed by atoms with Gasteiger partial charge in [-0.25, -0.2) is 0 Å². The smallest absolute Gasteiger partial charge is 0.281 e. The zero-order valence-corrected chi connectivity index (χ0v) is 12.0. The van der Waals surface area contributed by atoms with Gasteiger partial charge in [0.1, 0.15) is 0 Å². The Kier molecular flexibility index (Phi) is 4.31. The molecule has 2 aliphatic rings. The molecule has 0 radical (unpaired) electrons. The summed E-state index contributed by atoms with van der Waals surface area (Å²) in [6, 6.07) is 0. The van der Waals surface area contributed by atoms with Crippen LogP contribution in [0.5, 0.6) is 0 Å². The first-order valence-electron chi connectivity index (χ1n) is 6.82. The van der Waals surface area contributed by atoms with Crippen LogP contribution in [0.1, 0.15) is 38.5 Å². The van der Waals surface area contributed by atoms with Crippen LogP contribution in [0.15, 0.2) is 0 Å². The van der Waals surface area contributed by atoms with E-state index in [1.807, 2.05) is 0 Å². The molecule has 6 heteroatoms. The number of aliphatic hydroxyl groups excluding tert-OH is 1. The van der Waals surface area contributed by atoms with Gasteiger partial charge in [0, 0.05) is 38.7 Å². The predicted molar refractivity (Wildman–Crippen MR) is 70.3 cm³/mol. The van der Waals surface area contributed by atoms with Crippen LogP contribution in [0.4, 0.5) is 0 Å². The average Bonchev–Trinajstić information content (AvgIpc) is 3.00. The summed E-state index contributed by atoms with van der Waals surface area (Å²) >= 11 is 0. The third-order valence-electron chi connectivity index (χ3n) is 4.34. The van der Waals surface area contributed by atoms with Crippen LogP contribution in [0.2, 0.25) is 0 Å². The summed E-state index contributed by atoms with van der Waals surface area (Å²) in [6.45, 7) is 1.81. The highest BCUT2D eigenvalue weighted by Crippen LogP contribution is 2.38. The Morgan fingerprint density at radius 1 is 1.17 bits per heavy atom. The van der Waals surface area contributed by atoms with Crippen LogP contribution >= 0.6 is 0 Å². The molecular formula is C12H24N2O3S. The molecule has 0 spiro atoms. The van der Waals surface area contributed by atoms with Gasteiger partial charge in [-0.1, -0.05) is 12.8 Å².